The number of hydrogen-bond donors (Lipinski definition) is 9. The summed E-state index contributed by atoms with van der Waals surface area (Å²) in [5, 5.41) is 15.0. The molecule has 342 valence electrons. The summed E-state index contributed by atoms with van der Waals surface area (Å²) in [5.74, 6) is -2.85. The first kappa shape index (κ1) is 48.1. The lowest BCUT2D eigenvalue weighted by atomic mass is 9.73. The Balaban J connectivity index is 1.42. The number of nitrogens with one attached hydrogen (secondary N) is 6. The quantitative estimate of drug-likeness (QED) is 0.0300. The smallest absolute Gasteiger partial charge is 0.246 e. The Morgan fingerprint density at radius 1 is 0.812 bits per heavy atom. The second kappa shape index (κ2) is 23.5. The van der Waals surface area contributed by atoms with E-state index in [4.69, 9.17) is 21.9 Å². The van der Waals surface area contributed by atoms with Crippen molar-refractivity contribution in [1.29, 1.82) is 0 Å². The zero-order chi connectivity index (χ0) is 46.1. The van der Waals surface area contributed by atoms with Crippen molar-refractivity contribution < 1.29 is 33.5 Å². The molecule has 3 aromatic carbocycles. The van der Waals surface area contributed by atoms with Crippen LogP contribution in [0.15, 0.2) is 90.1 Å². The van der Waals surface area contributed by atoms with Crippen molar-refractivity contribution in [3.05, 3.63) is 102 Å². The standard InChI is InChI=1S/C47H62N10O7/c1-3-4-19-41(59)57-47(22-20-31(21-23-47)32-14-10-15-34(26-32)64-2)45(63)56-38(25-30-12-6-5-7-13-30)44(62)54-37(18-11-24-51-46(49)50)43(61)55-39(42(60)53-29-40(48)58)27-33-28-52-36-17-9-8-16-35(33)36/h5-10,12-17,26,28,31,37-39,52H,3-4,11,18-25,27,29H2,1-2H3,(H2,48,58)(H,53,60)(H,54,62)(H,55,61)(H,56,63)(H,57,59)(H4,49,50,51)/t31?,37-,38+,39-,47?/m0/s1. The highest BCUT2D eigenvalue weighted by Gasteiger charge is 2.45. The molecular weight excluding hydrogens is 817 g/mol. The van der Waals surface area contributed by atoms with Crippen molar-refractivity contribution in [2.24, 2.45) is 22.2 Å². The second-order valence-corrected chi connectivity index (χ2v) is 16.3. The molecule has 0 spiro atoms. The minimum absolute atomic E-state index is 0.0342. The third kappa shape index (κ3) is 13.8. The molecule has 0 saturated heterocycles. The van der Waals surface area contributed by atoms with Crippen molar-refractivity contribution in [3.8, 4) is 5.75 Å². The Bertz CT molecular complexity index is 2250. The van der Waals surface area contributed by atoms with Gasteiger partial charge in [0.25, 0.3) is 0 Å². The van der Waals surface area contributed by atoms with Crippen LogP contribution >= 0.6 is 0 Å². The van der Waals surface area contributed by atoms with Crippen molar-refractivity contribution in [3.63, 3.8) is 0 Å². The summed E-state index contributed by atoms with van der Waals surface area (Å²) < 4.78 is 5.46. The zero-order valence-corrected chi connectivity index (χ0v) is 36.6. The molecule has 1 fully saturated rings. The number of unbranched alkanes of at least 4 members (excludes halogenated alkanes) is 1. The summed E-state index contributed by atoms with van der Waals surface area (Å²) in [6, 6.07) is 20.8. The summed E-state index contributed by atoms with van der Waals surface area (Å²) in [6.07, 6.45) is 5.66. The molecule has 12 N–H and O–H groups in total. The number of para-hydroxylation sites is 1. The van der Waals surface area contributed by atoms with E-state index >= 15 is 0 Å². The van der Waals surface area contributed by atoms with Gasteiger partial charge in [0.1, 0.15) is 29.4 Å². The Morgan fingerprint density at radius 2 is 1.50 bits per heavy atom. The van der Waals surface area contributed by atoms with Gasteiger partial charge in [0.05, 0.1) is 13.7 Å². The molecule has 5 rings (SSSR count). The third-order valence-corrected chi connectivity index (χ3v) is 11.6. The summed E-state index contributed by atoms with van der Waals surface area (Å²) >= 11 is 0. The van der Waals surface area contributed by atoms with E-state index in [9.17, 15) is 28.8 Å². The van der Waals surface area contributed by atoms with Gasteiger partial charge in [0, 0.05) is 42.9 Å². The molecule has 0 unspecified atom stereocenters. The number of aliphatic imine (C=N–C) groups is 1. The number of nitrogens with two attached hydrogens (primary N) is 3. The SMILES string of the molecule is CCCCC(=O)NC1(C(=O)N[C@H](Cc2ccccc2)C(=O)N[C@@H](CCCN=C(N)N)C(=O)N[C@@H](Cc2c[nH]c3ccccc23)C(=O)NCC(N)=O)CCC(c2cccc(OC)c2)CC1. The van der Waals surface area contributed by atoms with Crippen LogP contribution in [-0.4, -0.2) is 90.3 Å². The molecule has 0 radical (unpaired) electrons. The molecule has 1 aliphatic carbocycles. The molecule has 4 aromatic rings. The Morgan fingerprint density at radius 3 is 2.20 bits per heavy atom. The first-order valence-electron chi connectivity index (χ1n) is 21.9. The maximum atomic E-state index is 14.7. The molecule has 0 bridgehead atoms. The number of rotatable bonds is 23. The van der Waals surface area contributed by atoms with Gasteiger partial charge in [-0.3, -0.25) is 33.8 Å². The van der Waals surface area contributed by atoms with E-state index in [2.05, 4.69) is 36.6 Å². The van der Waals surface area contributed by atoms with Gasteiger partial charge in [0.15, 0.2) is 5.96 Å². The molecule has 1 aliphatic rings. The highest BCUT2D eigenvalue weighted by Crippen LogP contribution is 2.39. The number of benzene rings is 3. The molecule has 3 atom stereocenters. The monoisotopic (exact) mass is 878 g/mol. The number of carbonyl (C=O) groups excluding carboxylic acids is 6. The maximum Gasteiger partial charge on any atom is 0.246 e. The van der Waals surface area contributed by atoms with E-state index in [0.717, 1.165) is 39.8 Å². The lowest BCUT2D eigenvalue weighted by Gasteiger charge is -2.40. The fourth-order valence-corrected chi connectivity index (χ4v) is 8.11. The van der Waals surface area contributed by atoms with Crippen molar-refractivity contribution >= 4 is 52.3 Å². The third-order valence-electron chi connectivity index (χ3n) is 11.6. The lowest BCUT2D eigenvalue weighted by Crippen LogP contribution is -2.64. The normalized spacial score (nSPS) is 17.2. The minimum Gasteiger partial charge on any atom is -0.497 e. The molecule has 17 heteroatoms. The highest BCUT2D eigenvalue weighted by molar-refractivity contribution is 5.98. The summed E-state index contributed by atoms with van der Waals surface area (Å²) in [5.41, 5.74) is 18.5. The molecular formula is C47H62N10O7. The molecule has 6 amide bonds. The number of methoxy groups -OCH3 is 1. The van der Waals surface area contributed by atoms with Crippen LogP contribution in [0, 0.1) is 0 Å². The van der Waals surface area contributed by atoms with Crippen molar-refractivity contribution in [2.45, 2.75) is 107 Å². The van der Waals surface area contributed by atoms with E-state index in [1.54, 1.807) is 13.3 Å². The van der Waals surface area contributed by atoms with Crippen LogP contribution in [0.5, 0.6) is 5.75 Å². The number of primary amides is 1. The maximum absolute atomic E-state index is 14.7. The Hall–Kier alpha value is -6.91. The summed E-state index contributed by atoms with van der Waals surface area (Å²) in [4.78, 5) is 89.4. The minimum atomic E-state index is -1.31. The van der Waals surface area contributed by atoms with Gasteiger partial charge >= 0.3 is 0 Å². The van der Waals surface area contributed by atoms with E-state index in [1.165, 1.54) is 0 Å². The number of carbonyl (C=O) groups is 6. The molecule has 0 aliphatic heterocycles. The van der Waals surface area contributed by atoms with Gasteiger partial charge in [-0.1, -0.05) is 74.0 Å². The van der Waals surface area contributed by atoms with E-state index < -0.39 is 59.7 Å². The topological polar surface area (TPSA) is 278 Å². The van der Waals surface area contributed by atoms with Crippen LogP contribution in [0.2, 0.25) is 0 Å². The van der Waals surface area contributed by atoms with Gasteiger partial charge in [-0.2, -0.15) is 0 Å². The predicted octanol–water partition coefficient (Wildman–Crippen LogP) is 2.47. The van der Waals surface area contributed by atoms with Crippen LogP contribution in [-0.2, 0) is 41.6 Å². The number of amides is 6. The number of nitrogens with zero attached hydrogens (tertiary/aromatic N) is 1. The average molecular weight is 879 g/mol. The fraction of sp³-hybridized carbons (Fsp3) is 0.426. The first-order valence-corrected chi connectivity index (χ1v) is 21.9. The Kier molecular flexibility index (Phi) is 17.7. The first-order chi connectivity index (χ1) is 30.8. The van der Waals surface area contributed by atoms with Gasteiger partial charge in [-0.25, -0.2) is 0 Å². The average Bonchev–Trinajstić information content (AvgIpc) is 3.70. The Labute approximate surface area is 373 Å². The van der Waals surface area contributed by atoms with E-state index in [1.807, 2.05) is 85.8 Å². The summed E-state index contributed by atoms with van der Waals surface area (Å²) in [6.45, 7) is 1.67. The van der Waals surface area contributed by atoms with E-state index in [0.29, 0.717) is 32.1 Å². The number of ether oxygens (including phenoxy) is 1. The highest BCUT2D eigenvalue weighted by atomic mass is 16.5. The van der Waals surface area contributed by atoms with Crippen LogP contribution in [0.25, 0.3) is 10.9 Å². The van der Waals surface area contributed by atoms with Crippen LogP contribution in [0.4, 0.5) is 0 Å². The number of fused-ring (bicyclic) bond motifs is 1. The molecule has 1 saturated carbocycles. The van der Waals surface area contributed by atoms with Crippen LogP contribution in [0.1, 0.15) is 87.3 Å². The fourth-order valence-electron chi connectivity index (χ4n) is 8.11. The second-order valence-electron chi connectivity index (χ2n) is 16.3. The predicted molar refractivity (Wildman–Crippen MR) is 245 cm³/mol. The zero-order valence-electron chi connectivity index (χ0n) is 36.6. The number of guanidine groups is 1. The van der Waals surface area contributed by atoms with Crippen LogP contribution < -0.4 is 48.5 Å². The number of hydrogen-bond acceptors (Lipinski definition) is 8. The van der Waals surface area contributed by atoms with Crippen molar-refractivity contribution in [1.82, 2.24) is 31.6 Å². The molecule has 64 heavy (non-hydrogen) atoms. The summed E-state index contributed by atoms with van der Waals surface area (Å²) in [7, 11) is 1.61. The molecule has 1 aromatic heterocycles. The molecule has 1 heterocycles. The lowest BCUT2D eigenvalue weighted by molar-refractivity contribution is -0.138. The van der Waals surface area contributed by atoms with Gasteiger partial charge in [-0.05, 0) is 85.8 Å². The van der Waals surface area contributed by atoms with Gasteiger partial charge < -0.3 is 53.5 Å². The number of aromatic amines is 1. The number of H-pyrrole nitrogens is 1. The van der Waals surface area contributed by atoms with Crippen molar-refractivity contribution in [2.75, 3.05) is 20.2 Å². The molecule has 17 nitrogen and oxygen atoms in total. The number of aromatic nitrogens is 1. The van der Waals surface area contributed by atoms with E-state index in [-0.39, 0.29) is 56.4 Å². The van der Waals surface area contributed by atoms with Gasteiger partial charge in [-0.15, -0.1) is 0 Å². The van der Waals surface area contributed by atoms with Gasteiger partial charge in [0.2, 0.25) is 35.4 Å². The van der Waals surface area contributed by atoms with Crippen LogP contribution in [0.3, 0.4) is 0 Å². The largest absolute Gasteiger partial charge is 0.497 e.